The van der Waals surface area contributed by atoms with Crippen LogP contribution in [0.5, 0.6) is 0 Å². The Labute approximate surface area is 95.2 Å². The van der Waals surface area contributed by atoms with E-state index in [1.807, 2.05) is 6.08 Å². The van der Waals surface area contributed by atoms with Gasteiger partial charge in [-0.15, -0.1) is 11.6 Å². The molecular formula is C14H13Cl. The van der Waals surface area contributed by atoms with E-state index in [0.29, 0.717) is 5.88 Å². The zero-order chi connectivity index (χ0) is 10.7. The van der Waals surface area contributed by atoms with Crippen LogP contribution in [-0.2, 0) is 0 Å². The van der Waals surface area contributed by atoms with E-state index in [0.717, 1.165) is 0 Å². The first-order valence-corrected chi connectivity index (χ1v) is 5.57. The van der Waals surface area contributed by atoms with Gasteiger partial charge in [0.25, 0.3) is 0 Å². The Morgan fingerprint density at radius 3 is 2.73 bits per heavy atom. The summed E-state index contributed by atoms with van der Waals surface area (Å²) in [6, 6.07) is 12.7. The van der Waals surface area contributed by atoms with Gasteiger partial charge in [0, 0.05) is 5.88 Å². The fourth-order valence-electron chi connectivity index (χ4n) is 1.79. The summed E-state index contributed by atoms with van der Waals surface area (Å²) in [6.07, 6.45) is 4.08. The van der Waals surface area contributed by atoms with E-state index in [-0.39, 0.29) is 0 Å². The van der Waals surface area contributed by atoms with Gasteiger partial charge in [0.1, 0.15) is 0 Å². The normalized spacial score (nSPS) is 11.3. The number of hydrogen-bond donors (Lipinski definition) is 0. The second-order valence-corrected chi connectivity index (χ2v) is 3.88. The molecule has 0 radical (unpaired) electrons. The average molecular weight is 217 g/mol. The lowest BCUT2D eigenvalue weighted by Crippen LogP contribution is -1.83. The van der Waals surface area contributed by atoms with Gasteiger partial charge in [0.15, 0.2) is 0 Å². The molecule has 0 heterocycles. The van der Waals surface area contributed by atoms with Crippen molar-refractivity contribution in [3.63, 3.8) is 0 Å². The predicted molar refractivity (Wildman–Crippen MR) is 68.4 cm³/mol. The summed E-state index contributed by atoms with van der Waals surface area (Å²) in [6.45, 7) is 2.13. The summed E-state index contributed by atoms with van der Waals surface area (Å²) < 4.78 is 0. The van der Waals surface area contributed by atoms with E-state index in [1.165, 1.54) is 21.9 Å². The molecule has 0 fully saturated rings. The van der Waals surface area contributed by atoms with Gasteiger partial charge < -0.3 is 0 Å². The maximum atomic E-state index is 5.67. The molecule has 0 N–H and O–H groups in total. The van der Waals surface area contributed by atoms with Gasteiger partial charge in [0.2, 0.25) is 0 Å². The predicted octanol–water partition coefficient (Wildman–Crippen LogP) is 4.40. The van der Waals surface area contributed by atoms with Crippen molar-refractivity contribution in [2.75, 3.05) is 5.88 Å². The molecule has 0 unspecified atom stereocenters. The Bertz CT molecular complexity index is 498. The van der Waals surface area contributed by atoms with E-state index in [9.17, 15) is 0 Å². The fourth-order valence-corrected chi connectivity index (χ4v) is 1.88. The molecular weight excluding hydrogens is 204 g/mol. The molecule has 2 aromatic carbocycles. The Hall–Kier alpha value is -1.27. The summed E-state index contributed by atoms with van der Waals surface area (Å²) in [7, 11) is 0. The fraction of sp³-hybridized carbons (Fsp3) is 0.143. The van der Waals surface area contributed by atoms with Gasteiger partial charge in [-0.1, -0.05) is 48.6 Å². The molecule has 0 aliphatic carbocycles. The van der Waals surface area contributed by atoms with E-state index < -0.39 is 0 Å². The zero-order valence-corrected chi connectivity index (χ0v) is 9.46. The number of fused-ring (bicyclic) bond motifs is 1. The molecule has 15 heavy (non-hydrogen) atoms. The van der Waals surface area contributed by atoms with Crippen LogP contribution in [0.4, 0.5) is 0 Å². The van der Waals surface area contributed by atoms with Crippen LogP contribution in [-0.4, -0.2) is 5.88 Å². The molecule has 0 aromatic heterocycles. The summed E-state index contributed by atoms with van der Waals surface area (Å²) in [4.78, 5) is 0. The molecule has 0 bridgehead atoms. The largest absolute Gasteiger partial charge is 0.122 e. The van der Waals surface area contributed by atoms with Crippen molar-refractivity contribution in [3.05, 3.63) is 53.6 Å². The van der Waals surface area contributed by atoms with E-state index in [4.69, 9.17) is 11.6 Å². The summed E-state index contributed by atoms with van der Waals surface area (Å²) in [5.41, 5.74) is 2.56. The lowest BCUT2D eigenvalue weighted by molar-refractivity contribution is 1.47. The third-order valence-corrected chi connectivity index (χ3v) is 2.74. The number of hydrogen-bond acceptors (Lipinski definition) is 0. The highest BCUT2D eigenvalue weighted by Gasteiger charge is 2.00. The monoisotopic (exact) mass is 216 g/mol. The second kappa shape index (κ2) is 4.50. The highest BCUT2D eigenvalue weighted by molar-refractivity contribution is 6.19. The average Bonchev–Trinajstić information content (AvgIpc) is 2.28. The molecule has 0 saturated heterocycles. The Morgan fingerprint density at radius 2 is 1.93 bits per heavy atom. The molecule has 1 heteroatoms. The summed E-state index contributed by atoms with van der Waals surface area (Å²) in [5, 5.41) is 2.57. The van der Waals surface area contributed by atoms with Crippen molar-refractivity contribution in [1.82, 2.24) is 0 Å². The van der Waals surface area contributed by atoms with Crippen LogP contribution < -0.4 is 0 Å². The van der Waals surface area contributed by atoms with Crippen molar-refractivity contribution >= 4 is 28.4 Å². The second-order valence-electron chi connectivity index (χ2n) is 3.57. The van der Waals surface area contributed by atoms with Crippen LogP contribution in [0.1, 0.15) is 11.1 Å². The van der Waals surface area contributed by atoms with Crippen LogP contribution in [0.3, 0.4) is 0 Å². The number of rotatable bonds is 2. The molecule has 0 aliphatic heterocycles. The lowest BCUT2D eigenvalue weighted by Gasteiger charge is -2.05. The molecule has 2 rings (SSSR count). The van der Waals surface area contributed by atoms with Crippen LogP contribution in [0.15, 0.2) is 42.5 Å². The van der Waals surface area contributed by atoms with Gasteiger partial charge in [-0.05, 0) is 28.8 Å². The minimum absolute atomic E-state index is 0.558. The maximum Gasteiger partial charge on any atom is 0.0407 e. The van der Waals surface area contributed by atoms with Crippen molar-refractivity contribution < 1.29 is 0 Å². The van der Waals surface area contributed by atoms with E-state index >= 15 is 0 Å². The van der Waals surface area contributed by atoms with Crippen LogP contribution >= 0.6 is 11.6 Å². The minimum atomic E-state index is 0.558. The maximum absolute atomic E-state index is 5.67. The molecule has 76 valence electrons. The van der Waals surface area contributed by atoms with Crippen molar-refractivity contribution in [3.8, 4) is 0 Å². The van der Waals surface area contributed by atoms with Crippen molar-refractivity contribution in [2.45, 2.75) is 6.92 Å². The highest BCUT2D eigenvalue weighted by Crippen LogP contribution is 2.23. The quantitative estimate of drug-likeness (QED) is 0.653. The summed E-state index contributed by atoms with van der Waals surface area (Å²) >= 11 is 5.67. The lowest BCUT2D eigenvalue weighted by atomic mass is 9.99. The van der Waals surface area contributed by atoms with Gasteiger partial charge in [0.05, 0.1) is 0 Å². The van der Waals surface area contributed by atoms with Gasteiger partial charge in [-0.3, -0.25) is 0 Å². The molecule has 0 amide bonds. The SMILES string of the molecule is Cc1ccc2ccccc2c1C=CCCl. The number of benzene rings is 2. The van der Waals surface area contributed by atoms with Crippen LogP contribution in [0.2, 0.25) is 0 Å². The Balaban J connectivity index is 2.68. The van der Waals surface area contributed by atoms with Crippen LogP contribution in [0.25, 0.3) is 16.8 Å². The van der Waals surface area contributed by atoms with Crippen molar-refractivity contribution in [2.24, 2.45) is 0 Å². The molecule has 0 aliphatic rings. The first-order chi connectivity index (χ1) is 7.33. The van der Waals surface area contributed by atoms with Gasteiger partial charge >= 0.3 is 0 Å². The first kappa shape index (κ1) is 10.3. The van der Waals surface area contributed by atoms with Gasteiger partial charge in [-0.25, -0.2) is 0 Å². The molecule has 2 aromatic rings. The molecule has 0 spiro atoms. The topological polar surface area (TPSA) is 0 Å². The number of allylic oxidation sites excluding steroid dienone is 1. The smallest absolute Gasteiger partial charge is 0.0407 e. The zero-order valence-electron chi connectivity index (χ0n) is 8.70. The van der Waals surface area contributed by atoms with E-state index in [1.54, 1.807) is 0 Å². The first-order valence-electron chi connectivity index (χ1n) is 5.04. The van der Waals surface area contributed by atoms with Gasteiger partial charge in [-0.2, -0.15) is 0 Å². The number of halogens is 1. The Morgan fingerprint density at radius 1 is 1.13 bits per heavy atom. The number of aryl methyl sites for hydroxylation is 1. The Kier molecular flexibility index (Phi) is 3.08. The standard InChI is InChI=1S/C14H13Cl/c1-11-8-9-12-5-2-3-6-14(12)13(11)7-4-10-15/h2-9H,10H2,1H3. The third kappa shape index (κ3) is 2.05. The molecule has 0 saturated carbocycles. The molecule has 0 atom stereocenters. The summed E-state index contributed by atoms with van der Waals surface area (Å²) in [5.74, 6) is 0.558. The van der Waals surface area contributed by atoms with Crippen LogP contribution in [0, 0.1) is 6.92 Å². The van der Waals surface area contributed by atoms with Crippen molar-refractivity contribution in [1.29, 1.82) is 0 Å². The highest BCUT2D eigenvalue weighted by atomic mass is 35.5. The van der Waals surface area contributed by atoms with E-state index in [2.05, 4.69) is 49.4 Å². The third-order valence-electron chi connectivity index (χ3n) is 2.56. The molecule has 0 nitrogen and oxygen atoms in total. The minimum Gasteiger partial charge on any atom is -0.122 e. The number of alkyl halides is 1.